The summed E-state index contributed by atoms with van der Waals surface area (Å²) in [6.07, 6.45) is 3.24. The first-order valence-electron chi connectivity index (χ1n) is 7.54. The molecule has 2 rings (SSSR count). The van der Waals surface area contributed by atoms with E-state index in [0.717, 1.165) is 31.5 Å². The number of anilines is 1. The van der Waals surface area contributed by atoms with E-state index in [2.05, 4.69) is 9.62 Å². The molecule has 1 heterocycles. The molecule has 1 unspecified atom stereocenters. The van der Waals surface area contributed by atoms with Crippen molar-refractivity contribution in [2.75, 3.05) is 18.0 Å². The Morgan fingerprint density at radius 3 is 2.71 bits per heavy atom. The maximum atomic E-state index is 12.5. The van der Waals surface area contributed by atoms with Crippen LogP contribution in [0.5, 0.6) is 0 Å². The summed E-state index contributed by atoms with van der Waals surface area (Å²) in [6.45, 7) is 5.05. The van der Waals surface area contributed by atoms with Crippen LogP contribution in [0.2, 0.25) is 0 Å². The number of nitrogens with one attached hydrogen (secondary N) is 1. The summed E-state index contributed by atoms with van der Waals surface area (Å²) in [7, 11) is -3.50. The molecule has 118 valence electrons. The third-order valence-electron chi connectivity index (χ3n) is 3.75. The fourth-order valence-electron chi connectivity index (χ4n) is 2.86. The van der Waals surface area contributed by atoms with Crippen molar-refractivity contribution in [3.63, 3.8) is 0 Å². The molecule has 0 aliphatic carbocycles. The van der Waals surface area contributed by atoms with Gasteiger partial charge in [-0.3, -0.25) is 0 Å². The number of nitrogens with two attached hydrogens (primary N) is 1. The number of benzene rings is 1. The number of hydrogen-bond acceptors (Lipinski definition) is 4. The molecule has 0 bridgehead atoms. The second kappa shape index (κ2) is 6.77. The van der Waals surface area contributed by atoms with Crippen molar-refractivity contribution >= 4 is 15.7 Å². The minimum atomic E-state index is -3.50. The van der Waals surface area contributed by atoms with Crippen molar-refractivity contribution in [3.8, 4) is 0 Å². The van der Waals surface area contributed by atoms with Crippen molar-refractivity contribution in [2.24, 2.45) is 5.73 Å². The van der Waals surface area contributed by atoms with Crippen LogP contribution in [0.3, 0.4) is 0 Å². The zero-order valence-corrected chi connectivity index (χ0v) is 13.6. The van der Waals surface area contributed by atoms with E-state index < -0.39 is 10.0 Å². The van der Waals surface area contributed by atoms with Crippen molar-refractivity contribution in [1.82, 2.24) is 4.72 Å². The highest BCUT2D eigenvalue weighted by molar-refractivity contribution is 7.89. The van der Waals surface area contributed by atoms with Crippen LogP contribution < -0.4 is 15.4 Å². The van der Waals surface area contributed by atoms with Gasteiger partial charge in [-0.2, -0.15) is 0 Å². The summed E-state index contributed by atoms with van der Waals surface area (Å²) in [4.78, 5) is 2.50. The number of para-hydroxylation sites is 1. The molecule has 6 heteroatoms. The Morgan fingerprint density at radius 2 is 2.05 bits per heavy atom. The van der Waals surface area contributed by atoms with E-state index in [0.29, 0.717) is 11.4 Å². The summed E-state index contributed by atoms with van der Waals surface area (Å²) < 4.78 is 27.7. The molecule has 1 aliphatic rings. The topological polar surface area (TPSA) is 75.4 Å². The van der Waals surface area contributed by atoms with Gasteiger partial charge in [0, 0.05) is 25.2 Å². The standard InChI is InChI=1S/C15H25N3O2S/c1-12(2)17-21(19,20)15-9-4-3-8-14(15)18-10-6-5-7-13(18)11-16/h3-4,8-9,12-13,17H,5-7,10-11,16H2,1-2H3. The van der Waals surface area contributed by atoms with Gasteiger partial charge in [0.05, 0.1) is 5.69 Å². The van der Waals surface area contributed by atoms with E-state index in [4.69, 9.17) is 5.73 Å². The van der Waals surface area contributed by atoms with Crippen molar-refractivity contribution in [2.45, 2.75) is 50.1 Å². The lowest BCUT2D eigenvalue weighted by molar-refractivity contribution is 0.462. The van der Waals surface area contributed by atoms with Gasteiger partial charge in [-0.15, -0.1) is 0 Å². The summed E-state index contributed by atoms with van der Waals surface area (Å²) in [5, 5.41) is 0. The second-order valence-electron chi connectivity index (χ2n) is 5.82. The van der Waals surface area contributed by atoms with E-state index >= 15 is 0 Å². The maximum absolute atomic E-state index is 12.5. The first-order valence-corrected chi connectivity index (χ1v) is 9.02. The van der Waals surface area contributed by atoms with Crippen LogP contribution in [0.15, 0.2) is 29.2 Å². The Labute approximate surface area is 127 Å². The number of nitrogens with zero attached hydrogens (tertiary/aromatic N) is 1. The van der Waals surface area contributed by atoms with Gasteiger partial charge in [0.25, 0.3) is 0 Å². The summed E-state index contributed by atoms with van der Waals surface area (Å²) in [5.74, 6) is 0. The van der Waals surface area contributed by atoms with Gasteiger partial charge in [0.2, 0.25) is 10.0 Å². The van der Waals surface area contributed by atoms with Gasteiger partial charge < -0.3 is 10.6 Å². The van der Waals surface area contributed by atoms with Crippen LogP contribution >= 0.6 is 0 Å². The van der Waals surface area contributed by atoms with Crippen LogP contribution in [-0.2, 0) is 10.0 Å². The monoisotopic (exact) mass is 311 g/mol. The first-order chi connectivity index (χ1) is 9.95. The van der Waals surface area contributed by atoms with Crippen LogP contribution in [0.25, 0.3) is 0 Å². The van der Waals surface area contributed by atoms with Gasteiger partial charge in [-0.05, 0) is 45.2 Å². The Kier molecular flexibility index (Phi) is 5.24. The molecule has 0 amide bonds. The molecule has 3 N–H and O–H groups in total. The lowest BCUT2D eigenvalue weighted by atomic mass is 10.0. The second-order valence-corrected chi connectivity index (χ2v) is 7.50. The Bertz CT molecular complexity index is 572. The highest BCUT2D eigenvalue weighted by Crippen LogP contribution is 2.30. The molecule has 0 aromatic heterocycles. The summed E-state index contributed by atoms with van der Waals surface area (Å²) in [5.41, 5.74) is 6.63. The molecule has 21 heavy (non-hydrogen) atoms. The molecular formula is C15H25N3O2S. The molecule has 0 spiro atoms. The summed E-state index contributed by atoms with van der Waals surface area (Å²) >= 11 is 0. The molecule has 1 fully saturated rings. The van der Waals surface area contributed by atoms with E-state index in [1.165, 1.54) is 0 Å². The molecule has 5 nitrogen and oxygen atoms in total. The van der Waals surface area contributed by atoms with Gasteiger partial charge in [0.15, 0.2) is 0 Å². The molecule has 1 aliphatic heterocycles. The minimum Gasteiger partial charge on any atom is -0.366 e. The molecular weight excluding hydrogens is 286 g/mol. The number of hydrogen-bond donors (Lipinski definition) is 2. The fourth-order valence-corrected chi connectivity index (χ4v) is 4.32. The van der Waals surface area contributed by atoms with Crippen LogP contribution in [0.4, 0.5) is 5.69 Å². The maximum Gasteiger partial charge on any atom is 0.242 e. The number of sulfonamides is 1. The van der Waals surface area contributed by atoms with E-state index in [1.54, 1.807) is 12.1 Å². The minimum absolute atomic E-state index is 0.130. The van der Waals surface area contributed by atoms with Gasteiger partial charge in [0.1, 0.15) is 4.90 Å². The first kappa shape index (κ1) is 16.3. The predicted molar refractivity (Wildman–Crippen MR) is 85.9 cm³/mol. The van der Waals surface area contributed by atoms with Crippen LogP contribution in [-0.4, -0.2) is 33.6 Å². The van der Waals surface area contributed by atoms with Crippen molar-refractivity contribution in [1.29, 1.82) is 0 Å². The fraction of sp³-hybridized carbons (Fsp3) is 0.600. The van der Waals surface area contributed by atoms with E-state index in [-0.39, 0.29) is 12.1 Å². The molecule has 1 saturated heterocycles. The lowest BCUT2D eigenvalue weighted by Crippen LogP contribution is -2.45. The van der Waals surface area contributed by atoms with Gasteiger partial charge in [-0.25, -0.2) is 13.1 Å². The van der Waals surface area contributed by atoms with E-state index in [1.807, 2.05) is 26.0 Å². The SMILES string of the molecule is CC(C)NS(=O)(=O)c1ccccc1N1CCCCC1CN. The number of rotatable bonds is 5. The molecule has 1 atom stereocenters. The van der Waals surface area contributed by atoms with Crippen LogP contribution in [0, 0.1) is 0 Å². The molecule has 1 aromatic rings. The largest absolute Gasteiger partial charge is 0.366 e. The Morgan fingerprint density at radius 1 is 1.33 bits per heavy atom. The Balaban J connectivity index is 2.41. The normalized spacial score (nSPS) is 20.0. The van der Waals surface area contributed by atoms with Crippen LogP contribution in [0.1, 0.15) is 33.1 Å². The van der Waals surface area contributed by atoms with Gasteiger partial charge in [-0.1, -0.05) is 12.1 Å². The zero-order valence-electron chi connectivity index (χ0n) is 12.7. The third kappa shape index (κ3) is 3.75. The number of piperidine rings is 1. The zero-order chi connectivity index (χ0) is 15.5. The Hall–Kier alpha value is -1.11. The van der Waals surface area contributed by atoms with E-state index in [9.17, 15) is 8.42 Å². The highest BCUT2D eigenvalue weighted by Gasteiger charge is 2.27. The highest BCUT2D eigenvalue weighted by atomic mass is 32.2. The lowest BCUT2D eigenvalue weighted by Gasteiger charge is -2.38. The average molecular weight is 311 g/mol. The molecule has 0 saturated carbocycles. The molecule has 0 radical (unpaired) electrons. The van der Waals surface area contributed by atoms with Gasteiger partial charge >= 0.3 is 0 Å². The quantitative estimate of drug-likeness (QED) is 0.868. The average Bonchev–Trinajstić information content (AvgIpc) is 2.46. The third-order valence-corrected chi connectivity index (χ3v) is 5.46. The smallest absolute Gasteiger partial charge is 0.242 e. The van der Waals surface area contributed by atoms with Crippen molar-refractivity contribution in [3.05, 3.63) is 24.3 Å². The predicted octanol–water partition coefficient (Wildman–Crippen LogP) is 1.69. The summed E-state index contributed by atoms with van der Waals surface area (Å²) in [6, 6.07) is 7.28. The van der Waals surface area contributed by atoms with Crippen molar-refractivity contribution < 1.29 is 8.42 Å². The molecule has 1 aromatic carbocycles.